The van der Waals surface area contributed by atoms with Crippen molar-refractivity contribution in [3.05, 3.63) is 24.3 Å². The quantitative estimate of drug-likeness (QED) is 0.801. The van der Waals surface area contributed by atoms with E-state index in [1.165, 1.54) is 23.5 Å². The predicted molar refractivity (Wildman–Crippen MR) is 106 cm³/mol. The van der Waals surface area contributed by atoms with Crippen molar-refractivity contribution in [3.63, 3.8) is 0 Å². The van der Waals surface area contributed by atoms with E-state index in [1.54, 1.807) is 24.1 Å². The molecule has 1 N–H and O–H groups in total. The lowest BCUT2D eigenvalue weighted by Gasteiger charge is -2.39. The Labute approximate surface area is 167 Å². The van der Waals surface area contributed by atoms with E-state index >= 15 is 0 Å². The Hall–Kier alpha value is -1.64. The molecule has 2 fully saturated rings. The van der Waals surface area contributed by atoms with E-state index < -0.39 is 16.1 Å². The Balaban J connectivity index is 1.71. The number of piperidine rings is 1. The number of amides is 1. The molecule has 0 spiro atoms. The molecule has 2 aliphatic rings. The highest BCUT2D eigenvalue weighted by Gasteiger charge is 2.37. The molecule has 1 aromatic rings. The van der Waals surface area contributed by atoms with E-state index in [2.05, 4.69) is 0 Å². The summed E-state index contributed by atoms with van der Waals surface area (Å²) in [6, 6.07) is 6.14. The number of hydrogen-bond donors (Lipinski definition) is 1. The molecule has 1 heterocycles. The highest BCUT2D eigenvalue weighted by Crippen LogP contribution is 2.28. The van der Waals surface area contributed by atoms with Crippen LogP contribution in [0.25, 0.3) is 0 Å². The number of carbonyl (C=O) groups is 1. The van der Waals surface area contributed by atoms with Crippen LogP contribution in [0.4, 0.5) is 0 Å². The molecule has 0 bridgehead atoms. The van der Waals surface area contributed by atoms with E-state index in [0.29, 0.717) is 31.6 Å². The Morgan fingerprint density at radius 2 is 1.82 bits per heavy atom. The van der Waals surface area contributed by atoms with Crippen molar-refractivity contribution in [2.24, 2.45) is 5.92 Å². The van der Waals surface area contributed by atoms with Crippen molar-refractivity contribution in [1.82, 2.24) is 9.21 Å². The van der Waals surface area contributed by atoms with Gasteiger partial charge in [0, 0.05) is 20.1 Å². The smallest absolute Gasteiger partial charge is 0.243 e. The third-order valence-electron chi connectivity index (χ3n) is 5.97. The van der Waals surface area contributed by atoms with Gasteiger partial charge in [-0.25, -0.2) is 8.42 Å². The largest absolute Gasteiger partial charge is 0.497 e. The van der Waals surface area contributed by atoms with Crippen molar-refractivity contribution in [3.8, 4) is 5.75 Å². The number of ether oxygens (including phenoxy) is 1. The number of likely N-dealkylation sites (N-methyl/N-ethyl adjacent to an activating group) is 1. The van der Waals surface area contributed by atoms with Gasteiger partial charge in [0.2, 0.25) is 15.9 Å². The maximum absolute atomic E-state index is 13.0. The van der Waals surface area contributed by atoms with Gasteiger partial charge in [-0.1, -0.05) is 12.8 Å². The number of carbonyl (C=O) groups excluding carboxylic acids is 1. The minimum Gasteiger partial charge on any atom is -0.497 e. The fourth-order valence-corrected chi connectivity index (χ4v) is 5.78. The van der Waals surface area contributed by atoms with Crippen LogP contribution < -0.4 is 4.74 Å². The molecule has 1 aliphatic carbocycles. The Kier molecular flexibility index (Phi) is 6.62. The summed E-state index contributed by atoms with van der Waals surface area (Å²) in [4.78, 5) is 14.9. The van der Waals surface area contributed by atoms with Crippen molar-refractivity contribution in [1.29, 1.82) is 0 Å². The van der Waals surface area contributed by atoms with Crippen LogP contribution in [0.5, 0.6) is 5.75 Å². The molecule has 1 aliphatic heterocycles. The molecule has 156 valence electrons. The second-order valence-corrected chi connectivity index (χ2v) is 9.68. The lowest BCUT2D eigenvalue weighted by molar-refractivity contribution is -0.140. The molecule has 1 saturated heterocycles. The molecule has 1 aromatic carbocycles. The molecule has 0 unspecified atom stereocenters. The van der Waals surface area contributed by atoms with Crippen molar-refractivity contribution >= 4 is 15.9 Å². The van der Waals surface area contributed by atoms with Crippen molar-refractivity contribution < 1.29 is 23.1 Å². The summed E-state index contributed by atoms with van der Waals surface area (Å²) in [5, 5.41) is 10.2. The normalized spacial score (nSPS) is 26.6. The lowest BCUT2D eigenvalue weighted by Crippen LogP contribution is -2.51. The molecular formula is C20H30N2O5S. The third-order valence-corrected chi connectivity index (χ3v) is 7.85. The molecule has 3 atom stereocenters. The van der Waals surface area contributed by atoms with Gasteiger partial charge in [-0.15, -0.1) is 0 Å². The minimum atomic E-state index is -3.66. The average molecular weight is 411 g/mol. The summed E-state index contributed by atoms with van der Waals surface area (Å²) in [5.41, 5.74) is 0. The molecule has 1 saturated carbocycles. The fraction of sp³-hybridized carbons (Fsp3) is 0.650. The van der Waals surface area contributed by atoms with Gasteiger partial charge in [0.15, 0.2) is 0 Å². The monoisotopic (exact) mass is 410 g/mol. The molecule has 3 rings (SSSR count). The van der Waals surface area contributed by atoms with Gasteiger partial charge in [-0.3, -0.25) is 4.79 Å². The van der Waals surface area contributed by atoms with Gasteiger partial charge < -0.3 is 14.7 Å². The number of benzene rings is 1. The SMILES string of the molecule is COc1ccc(S(=O)(=O)N2CCC[C@H](C(=O)N(C)[C@H]3CCCC[C@@H]3O)C2)cc1. The second-order valence-electron chi connectivity index (χ2n) is 7.75. The number of rotatable bonds is 5. The standard InChI is InChI=1S/C20H30N2O5S/c1-21(18-7-3-4-8-19(18)23)20(24)15-6-5-13-22(14-15)28(25,26)17-11-9-16(27-2)10-12-17/h9-12,15,18-19,23H,3-8,13-14H2,1-2H3/t15-,18-,19-/m0/s1. The Morgan fingerprint density at radius 3 is 2.46 bits per heavy atom. The molecule has 28 heavy (non-hydrogen) atoms. The van der Waals surface area contributed by atoms with Crippen LogP contribution in [-0.4, -0.2) is 68.0 Å². The molecule has 8 heteroatoms. The van der Waals surface area contributed by atoms with Crippen LogP contribution in [-0.2, 0) is 14.8 Å². The molecule has 7 nitrogen and oxygen atoms in total. The first-order valence-corrected chi connectivity index (χ1v) is 11.4. The predicted octanol–water partition coefficient (Wildman–Crippen LogP) is 1.86. The summed E-state index contributed by atoms with van der Waals surface area (Å²) in [5.74, 6) is 0.153. The number of methoxy groups -OCH3 is 1. The van der Waals surface area contributed by atoms with Crippen molar-refractivity contribution in [2.45, 2.75) is 55.6 Å². The maximum atomic E-state index is 13.0. The zero-order chi connectivity index (χ0) is 20.3. The van der Waals surface area contributed by atoms with Crippen LogP contribution in [0.15, 0.2) is 29.2 Å². The van der Waals surface area contributed by atoms with E-state index in [4.69, 9.17) is 4.74 Å². The molecular weight excluding hydrogens is 380 g/mol. The van der Waals surface area contributed by atoms with Crippen molar-refractivity contribution in [2.75, 3.05) is 27.2 Å². The lowest BCUT2D eigenvalue weighted by atomic mass is 9.90. The molecule has 0 radical (unpaired) electrons. The summed E-state index contributed by atoms with van der Waals surface area (Å²) < 4.78 is 32.5. The van der Waals surface area contributed by atoms with E-state index in [1.807, 2.05) is 0 Å². The van der Waals surface area contributed by atoms with Crippen LogP contribution in [0.2, 0.25) is 0 Å². The van der Waals surface area contributed by atoms with Gasteiger partial charge in [-0.2, -0.15) is 4.31 Å². The summed E-state index contributed by atoms with van der Waals surface area (Å²) in [7, 11) is -0.391. The number of aliphatic hydroxyl groups excluding tert-OH is 1. The van der Waals surface area contributed by atoms with Crippen LogP contribution in [0, 0.1) is 5.92 Å². The highest BCUT2D eigenvalue weighted by molar-refractivity contribution is 7.89. The zero-order valence-corrected chi connectivity index (χ0v) is 17.4. The second kappa shape index (κ2) is 8.80. The van der Waals surface area contributed by atoms with Crippen LogP contribution in [0.1, 0.15) is 38.5 Å². The van der Waals surface area contributed by atoms with Crippen LogP contribution in [0.3, 0.4) is 0 Å². The number of sulfonamides is 1. The van der Waals surface area contributed by atoms with Crippen LogP contribution >= 0.6 is 0 Å². The minimum absolute atomic E-state index is 0.0689. The summed E-state index contributed by atoms with van der Waals surface area (Å²) in [6.07, 6.45) is 4.31. The number of nitrogens with zero attached hydrogens (tertiary/aromatic N) is 2. The Bertz CT molecular complexity index is 780. The average Bonchev–Trinajstić information content (AvgIpc) is 2.73. The van der Waals surface area contributed by atoms with Gasteiger partial charge in [0.1, 0.15) is 5.75 Å². The van der Waals surface area contributed by atoms with Gasteiger partial charge >= 0.3 is 0 Å². The van der Waals surface area contributed by atoms with E-state index in [9.17, 15) is 18.3 Å². The first kappa shape index (κ1) is 21.1. The fourth-order valence-electron chi connectivity index (χ4n) is 4.25. The summed E-state index contributed by atoms with van der Waals surface area (Å²) in [6.45, 7) is 0.592. The van der Waals surface area contributed by atoms with Gasteiger partial charge in [0.25, 0.3) is 0 Å². The Morgan fingerprint density at radius 1 is 1.14 bits per heavy atom. The van der Waals surface area contributed by atoms with Gasteiger partial charge in [-0.05, 0) is 49.9 Å². The van der Waals surface area contributed by atoms with E-state index in [-0.39, 0.29) is 29.3 Å². The molecule has 0 aromatic heterocycles. The maximum Gasteiger partial charge on any atom is 0.243 e. The first-order valence-electron chi connectivity index (χ1n) is 9.93. The molecule has 1 amide bonds. The number of hydrogen-bond acceptors (Lipinski definition) is 5. The third kappa shape index (κ3) is 4.34. The van der Waals surface area contributed by atoms with E-state index in [0.717, 1.165) is 19.3 Å². The highest BCUT2D eigenvalue weighted by atomic mass is 32.2. The number of aliphatic hydroxyl groups is 1. The zero-order valence-electron chi connectivity index (χ0n) is 16.6. The topological polar surface area (TPSA) is 87.2 Å². The first-order chi connectivity index (χ1) is 13.3. The van der Waals surface area contributed by atoms with Gasteiger partial charge in [0.05, 0.1) is 30.1 Å². The summed E-state index contributed by atoms with van der Waals surface area (Å²) >= 11 is 0.